The van der Waals surface area contributed by atoms with Crippen LogP contribution < -0.4 is 16.0 Å². The quantitative estimate of drug-likeness (QED) is 0.179. The summed E-state index contributed by atoms with van der Waals surface area (Å²) in [7, 11) is 0. The Labute approximate surface area is 263 Å². The predicted octanol–water partition coefficient (Wildman–Crippen LogP) is 3.35. The van der Waals surface area contributed by atoms with Crippen LogP contribution in [-0.2, 0) is 23.8 Å². The average molecular weight is 630 g/mol. The second-order valence-corrected chi connectivity index (χ2v) is 10.3. The lowest BCUT2D eigenvalue weighted by Crippen LogP contribution is -2.35. The van der Waals surface area contributed by atoms with Crippen molar-refractivity contribution < 1.29 is 37.8 Å². The van der Waals surface area contributed by atoms with Crippen LogP contribution in [0.5, 0.6) is 0 Å². The molecule has 2 heterocycles. The van der Waals surface area contributed by atoms with Crippen LogP contribution in [0.2, 0.25) is 0 Å². The molecule has 0 unspecified atom stereocenters. The third kappa shape index (κ3) is 9.46. The molecule has 3 amide bonds. The number of halogens is 1. The van der Waals surface area contributed by atoms with Crippen molar-refractivity contribution in [2.24, 2.45) is 0 Å². The van der Waals surface area contributed by atoms with Crippen LogP contribution in [0, 0.1) is 19.7 Å². The molecule has 0 aliphatic carbocycles. The summed E-state index contributed by atoms with van der Waals surface area (Å²) in [6, 6.07) is 3.96. The van der Waals surface area contributed by atoms with Gasteiger partial charge in [0.05, 0.1) is 36.7 Å². The highest BCUT2D eigenvalue weighted by Gasteiger charge is 2.29. The SMILES string of the molecule is CCOCCC(=O)NCCOCCOC(=O)n1c(C)c(C(=O)NCCN(CC)CC)c(C)c1C=C1C(=O)Nc2ccc(F)cc21. The summed E-state index contributed by atoms with van der Waals surface area (Å²) in [5.41, 5.74) is 2.29. The third-order valence-corrected chi connectivity index (χ3v) is 7.46. The Morgan fingerprint density at radius 2 is 1.76 bits per heavy atom. The number of carbonyl (C=O) groups is 4. The molecule has 2 aromatic rings. The zero-order valence-electron chi connectivity index (χ0n) is 26.7. The number of nitrogens with zero attached hydrogens (tertiary/aromatic N) is 2. The first-order valence-corrected chi connectivity index (χ1v) is 15.3. The number of rotatable bonds is 17. The second kappa shape index (κ2) is 17.4. The first-order valence-electron chi connectivity index (χ1n) is 15.3. The van der Waals surface area contributed by atoms with Crippen molar-refractivity contribution in [2.75, 3.05) is 71.1 Å². The van der Waals surface area contributed by atoms with Crippen molar-refractivity contribution in [3.05, 3.63) is 52.1 Å². The summed E-state index contributed by atoms with van der Waals surface area (Å²) in [5.74, 6) is -1.49. The smallest absolute Gasteiger partial charge is 0.418 e. The van der Waals surface area contributed by atoms with E-state index in [4.69, 9.17) is 14.2 Å². The number of carbonyl (C=O) groups excluding carboxylic acids is 4. The van der Waals surface area contributed by atoms with E-state index in [0.29, 0.717) is 55.4 Å². The number of benzene rings is 1. The molecule has 1 aliphatic heterocycles. The molecule has 13 heteroatoms. The minimum Gasteiger partial charge on any atom is -0.446 e. The van der Waals surface area contributed by atoms with E-state index < -0.39 is 17.8 Å². The van der Waals surface area contributed by atoms with Crippen LogP contribution in [0.25, 0.3) is 11.6 Å². The van der Waals surface area contributed by atoms with Crippen molar-refractivity contribution in [1.82, 2.24) is 20.1 Å². The lowest BCUT2D eigenvalue weighted by atomic mass is 10.0. The Morgan fingerprint density at radius 1 is 1.00 bits per heavy atom. The number of hydrogen-bond acceptors (Lipinski definition) is 8. The third-order valence-electron chi connectivity index (χ3n) is 7.46. The maximum atomic E-state index is 14.1. The number of amides is 3. The maximum Gasteiger partial charge on any atom is 0.418 e. The van der Waals surface area contributed by atoms with Gasteiger partial charge < -0.3 is 35.1 Å². The van der Waals surface area contributed by atoms with Crippen LogP contribution in [0.4, 0.5) is 14.9 Å². The van der Waals surface area contributed by atoms with Gasteiger partial charge >= 0.3 is 6.09 Å². The van der Waals surface area contributed by atoms with Gasteiger partial charge in [-0.15, -0.1) is 0 Å². The van der Waals surface area contributed by atoms with Crippen LogP contribution in [0.3, 0.4) is 0 Å². The monoisotopic (exact) mass is 629 g/mol. The van der Waals surface area contributed by atoms with E-state index >= 15 is 0 Å². The van der Waals surface area contributed by atoms with Crippen molar-refractivity contribution in [1.29, 1.82) is 0 Å². The highest BCUT2D eigenvalue weighted by molar-refractivity contribution is 6.35. The molecule has 1 aromatic carbocycles. The molecule has 45 heavy (non-hydrogen) atoms. The summed E-state index contributed by atoms with van der Waals surface area (Å²) in [5, 5.41) is 8.35. The normalized spacial score (nSPS) is 13.2. The zero-order valence-corrected chi connectivity index (χ0v) is 26.7. The van der Waals surface area contributed by atoms with Crippen LogP contribution >= 0.6 is 0 Å². The van der Waals surface area contributed by atoms with Gasteiger partial charge in [-0.3, -0.25) is 14.4 Å². The number of anilines is 1. The molecule has 246 valence electrons. The fourth-order valence-corrected chi connectivity index (χ4v) is 5.01. The van der Waals surface area contributed by atoms with Crippen molar-refractivity contribution in [3.63, 3.8) is 0 Å². The van der Waals surface area contributed by atoms with E-state index in [0.717, 1.165) is 13.1 Å². The fourth-order valence-electron chi connectivity index (χ4n) is 5.01. The van der Waals surface area contributed by atoms with Crippen LogP contribution in [0.15, 0.2) is 18.2 Å². The summed E-state index contributed by atoms with van der Waals surface area (Å²) in [6.07, 6.45) is 0.967. The van der Waals surface area contributed by atoms with Gasteiger partial charge in [0.1, 0.15) is 12.4 Å². The van der Waals surface area contributed by atoms with Crippen LogP contribution in [0.1, 0.15) is 60.1 Å². The van der Waals surface area contributed by atoms with Gasteiger partial charge in [-0.2, -0.15) is 0 Å². The molecule has 0 spiro atoms. The number of ether oxygens (including phenoxy) is 3. The van der Waals surface area contributed by atoms with E-state index in [1.807, 2.05) is 20.8 Å². The van der Waals surface area contributed by atoms with Gasteiger partial charge in [0.25, 0.3) is 11.8 Å². The maximum absolute atomic E-state index is 14.1. The molecule has 3 rings (SSSR count). The summed E-state index contributed by atoms with van der Waals surface area (Å²) < 4.78 is 31.5. The van der Waals surface area contributed by atoms with Gasteiger partial charge in [-0.05, 0) is 63.7 Å². The number of likely N-dealkylation sites (N-methyl/N-ethyl adjacent to an activating group) is 1. The molecule has 0 saturated heterocycles. The van der Waals surface area contributed by atoms with E-state index in [1.54, 1.807) is 13.8 Å². The minimum absolute atomic E-state index is 0.0734. The topological polar surface area (TPSA) is 140 Å². The standard InChI is InChI=1S/C32H44FN5O7/c1-6-37(7-2)14-12-35-31(41)29-21(4)27(20-25-24-19-23(33)9-10-26(24)36-30(25)40)38(22(29)5)32(42)45-18-17-44-16-13-34-28(39)11-15-43-8-3/h9-10,19-20H,6-8,11-18H2,1-5H3,(H,34,39)(H,35,41)(H,36,40). The molecule has 0 radical (unpaired) electrons. The molecule has 0 saturated carbocycles. The summed E-state index contributed by atoms with van der Waals surface area (Å²) in [4.78, 5) is 53.5. The Kier molecular flexibility index (Phi) is 13.7. The van der Waals surface area contributed by atoms with Gasteiger partial charge in [-0.1, -0.05) is 13.8 Å². The van der Waals surface area contributed by atoms with E-state index in [1.165, 1.54) is 28.8 Å². The van der Waals surface area contributed by atoms with Crippen molar-refractivity contribution in [3.8, 4) is 0 Å². The van der Waals surface area contributed by atoms with Crippen molar-refractivity contribution in [2.45, 2.75) is 41.0 Å². The number of fused-ring (bicyclic) bond motifs is 1. The summed E-state index contributed by atoms with van der Waals surface area (Å²) >= 11 is 0. The Morgan fingerprint density at radius 3 is 2.47 bits per heavy atom. The van der Waals surface area contributed by atoms with E-state index in [-0.39, 0.29) is 54.9 Å². The van der Waals surface area contributed by atoms with E-state index in [9.17, 15) is 23.6 Å². The summed E-state index contributed by atoms with van der Waals surface area (Å²) in [6.45, 7) is 13.4. The number of aromatic nitrogens is 1. The molecule has 12 nitrogen and oxygen atoms in total. The molecule has 0 atom stereocenters. The second-order valence-electron chi connectivity index (χ2n) is 10.3. The first kappa shape index (κ1) is 35.4. The van der Waals surface area contributed by atoms with E-state index in [2.05, 4.69) is 20.9 Å². The number of hydrogen-bond donors (Lipinski definition) is 3. The highest BCUT2D eigenvalue weighted by Crippen LogP contribution is 2.35. The molecule has 3 N–H and O–H groups in total. The van der Waals surface area contributed by atoms with Crippen LogP contribution in [-0.4, -0.2) is 99.0 Å². The van der Waals surface area contributed by atoms with Gasteiger partial charge in [0.15, 0.2) is 0 Å². The van der Waals surface area contributed by atoms with Gasteiger partial charge in [0.2, 0.25) is 5.91 Å². The molecule has 0 fully saturated rings. The highest BCUT2D eigenvalue weighted by atomic mass is 19.1. The lowest BCUT2D eigenvalue weighted by Gasteiger charge is -2.18. The van der Waals surface area contributed by atoms with Gasteiger partial charge in [-0.25, -0.2) is 13.8 Å². The zero-order chi connectivity index (χ0) is 32.9. The largest absolute Gasteiger partial charge is 0.446 e. The average Bonchev–Trinajstić information content (AvgIpc) is 3.45. The predicted molar refractivity (Wildman–Crippen MR) is 169 cm³/mol. The fraction of sp³-hybridized carbons (Fsp3) is 0.500. The Bertz CT molecular complexity index is 1400. The Balaban J connectivity index is 1.77. The molecule has 1 aromatic heterocycles. The van der Waals surface area contributed by atoms with Crippen molar-refractivity contribution >= 4 is 41.2 Å². The number of nitrogens with one attached hydrogen (secondary N) is 3. The van der Waals surface area contributed by atoms with Gasteiger partial charge in [0, 0.05) is 49.6 Å². The first-order chi connectivity index (χ1) is 21.6. The molecule has 1 aliphatic rings. The Hall–Kier alpha value is -4.07. The minimum atomic E-state index is -0.768. The lowest BCUT2D eigenvalue weighted by molar-refractivity contribution is -0.122. The molecule has 0 bridgehead atoms. The molecular weight excluding hydrogens is 585 g/mol. The molecular formula is C32H44FN5O7.